The molecule has 2 aromatic rings. The molecule has 0 aromatic heterocycles. The third-order valence-corrected chi connectivity index (χ3v) is 2.94. The number of amides is 1. The van der Waals surface area contributed by atoms with Gasteiger partial charge in [0.05, 0.1) is 10.7 Å². The minimum atomic E-state index is -0.300. The van der Waals surface area contributed by atoms with Crippen molar-refractivity contribution in [2.75, 3.05) is 16.8 Å². The smallest absolute Gasteiger partial charge is 0.255 e. The van der Waals surface area contributed by atoms with E-state index in [9.17, 15) is 4.79 Å². The van der Waals surface area contributed by atoms with Crippen LogP contribution in [0.25, 0.3) is 0 Å². The summed E-state index contributed by atoms with van der Waals surface area (Å²) in [5, 5.41) is 3.22. The molecule has 0 fully saturated rings. The van der Waals surface area contributed by atoms with Crippen molar-refractivity contribution in [3.63, 3.8) is 0 Å². The van der Waals surface area contributed by atoms with Gasteiger partial charge in [-0.25, -0.2) is 0 Å². The number of hydrogen-bond acceptors (Lipinski definition) is 3. The molecule has 2 aromatic carbocycles. The summed E-state index contributed by atoms with van der Waals surface area (Å²) in [6, 6.07) is 10.1. The molecule has 0 unspecified atom stereocenters. The lowest BCUT2D eigenvalue weighted by molar-refractivity contribution is 0.102. The van der Waals surface area contributed by atoms with Crippen LogP contribution in [0, 0.1) is 6.92 Å². The van der Waals surface area contributed by atoms with E-state index in [0.29, 0.717) is 27.6 Å². The van der Waals surface area contributed by atoms with Crippen LogP contribution in [0.15, 0.2) is 36.4 Å². The highest BCUT2D eigenvalue weighted by molar-refractivity contribution is 6.34. The van der Waals surface area contributed by atoms with Gasteiger partial charge in [-0.3, -0.25) is 4.79 Å². The SMILES string of the molecule is Cc1ccc(Cl)c(NC(=O)c2cc(N)cc(N)c2)c1. The number of hydrogen-bond donors (Lipinski definition) is 3. The van der Waals surface area contributed by atoms with Gasteiger partial charge in [0.15, 0.2) is 0 Å². The first-order chi connectivity index (χ1) is 8.95. The summed E-state index contributed by atoms with van der Waals surface area (Å²) in [5.41, 5.74) is 14.2. The molecular weight excluding hydrogens is 262 g/mol. The molecule has 5 heteroatoms. The maximum Gasteiger partial charge on any atom is 0.255 e. The number of carbonyl (C=O) groups is 1. The fourth-order valence-corrected chi connectivity index (χ4v) is 1.90. The molecular formula is C14H14ClN3O. The van der Waals surface area contributed by atoms with Gasteiger partial charge in [-0.05, 0) is 42.8 Å². The predicted octanol–water partition coefficient (Wildman–Crippen LogP) is 3.07. The summed E-state index contributed by atoms with van der Waals surface area (Å²) in [6.45, 7) is 1.92. The Morgan fingerprint density at radius 3 is 2.37 bits per heavy atom. The average molecular weight is 276 g/mol. The van der Waals surface area contributed by atoms with E-state index in [1.165, 1.54) is 0 Å². The molecule has 0 atom stereocenters. The monoisotopic (exact) mass is 275 g/mol. The van der Waals surface area contributed by atoms with E-state index >= 15 is 0 Å². The standard InChI is InChI=1S/C14H14ClN3O/c1-8-2-3-12(15)13(4-8)18-14(19)9-5-10(16)7-11(17)6-9/h2-7H,16-17H2,1H3,(H,18,19). The molecule has 19 heavy (non-hydrogen) atoms. The van der Waals surface area contributed by atoms with Gasteiger partial charge in [-0.1, -0.05) is 17.7 Å². The normalized spacial score (nSPS) is 10.2. The van der Waals surface area contributed by atoms with Crippen molar-refractivity contribution in [2.24, 2.45) is 0 Å². The number of nitrogen functional groups attached to an aromatic ring is 2. The zero-order chi connectivity index (χ0) is 14.0. The number of rotatable bonds is 2. The van der Waals surface area contributed by atoms with E-state index in [1.54, 1.807) is 30.3 Å². The van der Waals surface area contributed by atoms with E-state index < -0.39 is 0 Å². The third-order valence-electron chi connectivity index (χ3n) is 2.61. The zero-order valence-electron chi connectivity index (χ0n) is 10.4. The summed E-state index contributed by atoms with van der Waals surface area (Å²) >= 11 is 6.03. The van der Waals surface area contributed by atoms with Crippen molar-refractivity contribution in [3.8, 4) is 0 Å². The summed E-state index contributed by atoms with van der Waals surface area (Å²) in [7, 11) is 0. The molecule has 0 saturated carbocycles. The topological polar surface area (TPSA) is 81.1 Å². The number of nitrogens with two attached hydrogens (primary N) is 2. The molecule has 0 saturated heterocycles. The van der Waals surface area contributed by atoms with Gasteiger partial charge in [-0.15, -0.1) is 0 Å². The van der Waals surface area contributed by atoms with Gasteiger partial charge >= 0.3 is 0 Å². The Kier molecular flexibility index (Phi) is 3.62. The molecule has 1 amide bonds. The number of carbonyl (C=O) groups excluding carboxylic acids is 1. The fraction of sp³-hybridized carbons (Fsp3) is 0.0714. The van der Waals surface area contributed by atoms with Crippen LogP contribution in [0.3, 0.4) is 0 Å². The number of nitrogens with one attached hydrogen (secondary N) is 1. The van der Waals surface area contributed by atoms with Crippen molar-refractivity contribution in [1.82, 2.24) is 0 Å². The summed E-state index contributed by atoms with van der Waals surface area (Å²) < 4.78 is 0. The zero-order valence-corrected chi connectivity index (χ0v) is 11.2. The van der Waals surface area contributed by atoms with Crippen LogP contribution in [-0.4, -0.2) is 5.91 Å². The molecule has 0 aliphatic carbocycles. The van der Waals surface area contributed by atoms with Gasteiger partial charge in [-0.2, -0.15) is 0 Å². The van der Waals surface area contributed by atoms with E-state index in [0.717, 1.165) is 5.56 Å². The van der Waals surface area contributed by atoms with Crippen LogP contribution < -0.4 is 16.8 Å². The second kappa shape index (κ2) is 5.20. The van der Waals surface area contributed by atoms with Crippen LogP contribution in [-0.2, 0) is 0 Å². The first-order valence-electron chi connectivity index (χ1n) is 5.69. The molecule has 0 aliphatic rings. The van der Waals surface area contributed by atoms with Gasteiger partial charge < -0.3 is 16.8 Å². The average Bonchev–Trinajstić information content (AvgIpc) is 2.32. The van der Waals surface area contributed by atoms with Crippen molar-refractivity contribution in [3.05, 3.63) is 52.5 Å². The first-order valence-corrected chi connectivity index (χ1v) is 6.07. The van der Waals surface area contributed by atoms with Gasteiger partial charge in [0.1, 0.15) is 0 Å². The molecule has 0 bridgehead atoms. The Balaban J connectivity index is 2.28. The summed E-state index contributed by atoms with van der Waals surface area (Å²) in [4.78, 5) is 12.1. The Hall–Kier alpha value is -2.20. The van der Waals surface area contributed by atoms with Gasteiger partial charge in [0.2, 0.25) is 0 Å². The molecule has 0 radical (unpaired) electrons. The van der Waals surface area contributed by atoms with E-state index in [1.807, 2.05) is 13.0 Å². The van der Waals surface area contributed by atoms with Crippen molar-refractivity contribution < 1.29 is 4.79 Å². The molecule has 2 rings (SSSR count). The van der Waals surface area contributed by atoms with E-state index in [4.69, 9.17) is 23.1 Å². The Morgan fingerprint density at radius 1 is 1.11 bits per heavy atom. The lowest BCUT2D eigenvalue weighted by Crippen LogP contribution is -2.13. The Morgan fingerprint density at radius 2 is 1.74 bits per heavy atom. The first kappa shape index (κ1) is 13.2. The van der Waals surface area contributed by atoms with Crippen LogP contribution in [0.5, 0.6) is 0 Å². The highest BCUT2D eigenvalue weighted by Crippen LogP contribution is 2.24. The molecule has 0 spiro atoms. The Bertz CT molecular complexity index is 620. The van der Waals surface area contributed by atoms with Crippen molar-refractivity contribution in [2.45, 2.75) is 6.92 Å². The largest absolute Gasteiger partial charge is 0.399 e. The lowest BCUT2D eigenvalue weighted by Gasteiger charge is -2.09. The molecule has 0 aliphatic heterocycles. The quantitative estimate of drug-likeness (QED) is 0.737. The number of aryl methyl sites for hydroxylation is 1. The molecule has 0 heterocycles. The fourth-order valence-electron chi connectivity index (χ4n) is 1.74. The van der Waals surface area contributed by atoms with Gasteiger partial charge in [0, 0.05) is 16.9 Å². The number of halogens is 1. The van der Waals surface area contributed by atoms with E-state index in [2.05, 4.69) is 5.32 Å². The van der Waals surface area contributed by atoms with Crippen LogP contribution in [0.4, 0.5) is 17.1 Å². The molecule has 4 nitrogen and oxygen atoms in total. The summed E-state index contributed by atoms with van der Waals surface area (Å²) in [6.07, 6.45) is 0. The van der Waals surface area contributed by atoms with Crippen molar-refractivity contribution in [1.29, 1.82) is 0 Å². The predicted molar refractivity (Wildman–Crippen MR) is 79.4 cm³/mol. The maximum absolute atomic E-state index is 12.1. The summed E-state index contributed by atoms with van der Waals surface area (Å²) in [5.74, 6) is -0.300. The van der Waals surface area contributed by atoms with Gasteiger partial charge in [0.25, 0.3) is 5.91 Å². The van der Waals surface area contributed by atoms with Crippen LogP contribution in [0.1, 0.15) is 15.9 Å². The second-order valence-corrected chi connectivity index (χ2v) is 4.73. The van der Waals surface area contributed by atoms with Crippen molar-refractivity contribution >= 4 is 34.6 Å². The Labute approximate surface area is 116 Å². The van der Waals surface area contributed by atoms with Crippen LogP contribution in [0.2, 0.25) is 5.02 Å². The highest BCUT2D eigenvalue weighted by atomic mass is 35.5. The lowest BCUT2D eigenvalue weighted by atomic mass is 10.1. The molecule has 5 N–H and O–H groups in total. The molecule has 98 valence electrons. The number of anilines is 3. The minimum absolute atomic E-state index is 0.300. The second-order valence-electron chi connectivity index (χ2n) is 4.33. The number of benzene rings is 2. The minimum Gasteiger partial charge on any atom is -0.399 e. The van der Waals surface area contributed by atoms with Crippen LogP contribution >= 0.6 is 11.6 Å². The van der Waals surface area contributed by atoms with E-state index in [-0.39, 0.29) is 5.91 Å². The maximum atomic E-state index is 12.1. The highest BCUT2D eigenvalue weighted by Gasteiger charge is 2.10. The third kappa shape index (κ3) is 3.17.